The zero-order valence-corrected chi connectivity index (χ0v) is 13.5. The summed E-state index contributed by atoms with van der Waals surface area (Å²) in [6.07, 6.45) is 5.11. The van der Waals surface area contributed by atoms with E-state index in [-0.39, 0.29) is 5.91 Å². The van der Waals surface area contributed by atoms with E-state index in [1.807, 2.05) is 24.3 Å². The van der Waals surface area contributed by atoms with Gasteiger partial charge in [-0.3, -0.25) is 9.69 Å². The molecule has 5 nitrogen and oxygen atoms in total. The van der Waals surface area contributed by atoms with Crippen molar-refractivity contribution in [3.63, 3.8) is 0 Å². The van der Waals surface area contributed by atoms with Crippen LogP contribution in [-0.2, 0) is 11.2 Å². The van der Waals surface area contributed by atoms with Gasteiger partial charge in [-0.15, -0.1) is 0 Å². The maximum Gasteiger partial charge on any atom is 0.223 e. The first kappa shape index (κ1) is 14.7. The van der Waals surface area contributed by atoms with Gasteiger partial charge in [0.1, 0.15) is 5.82 Å². The van der Waals surface area contributed by atoms with Gasteiger partial charge in [0.15, 0.2) is 0 Å². The second-order valence-electron chi connectivity index (χ2n) is 6.73. The fourth-order valence-corrected chi connectivity index (χ4v) is 3.89. The van der Waals surface area contributed by atoms with Crippen molar-refractivity contribution in [1.29, 1.82) is 0 Å². The highest BCUT2D eigenvalue weighted by molar-refractivity contribution is 5.77. The number of imidazole rings is 1. The van der Waals surface area contributed by atoms with Gasteiger partial charge < -0.3 is 9.88 Å². The van der Waals surface area contributed by atoms with Gasteiger partial charge in [0.2, 0.25) is 5.91 Å². The van der Waals surface area contributed by atoms with Gasteiger partial charge in [-0.2, -0.15) is 0 Å². The van der Waals surface area contributed by atoms with Crippen LogP contribution in [0.1, 0.15) is 31.5 Å². The van der Waals surface area contributed by atoms with E-state index in [0.29, 0.717) is 18.9 Å². The molecule has 2 aliphatic rings. The molecule has 5 heteroatoms. The number of carbonyl (C=O) groups excluding carboxylic acids is 1. The number of hydrogen-bond acceptors (Lipinski definition) is 3. The van der Waals surface area contributed by atoms with E-state index in [1.54, 1.807) is 0 Å². The average Bonchev–Trinajstić information content (AvgIpc) is 3.02. The molecule has 23 heavy (non-hydrogen) atoms. The second-order valence-corrected chi connectivity index (χ2v) is 6.73. The molecule has 0 bridgehead atoms. The van der Waals surface area contributed by atoms with Crippen LogP contribution >= 0.6 is 0 Å². The first-order chi connectivity index (χ1) is 11.3. The molecule has 1 aromatic carbocycles. The number of piperidine rings is 1. The smallest absolute Gasteiger partial charge is 0.223 e. The predicted molar refractivity (Wildman–Crippen MR) is 90.2 cm³/mol. The summed E-state index contributed by atoms with van der Waals surface area (Å²) in [6.45, 7) is 4.06. The quantitative estimate of drug-likeness (QED) is 0.945. The van der Waals surface area contributed by atoms with Crippen LogP contribution in [-0.4, -0.2) is 57.9 Å². The number of benzene rings is 1. The molecular weight excluding hydrogens is 288 g/mol. The Morgan fingerprint density at radius 1 is 1.22 bits per heavy atom. The number of para-hydroxylation sites is 2. The number of nitrogens with one attached hydrogen (secondary N) is 1. The van der Waals surface area contributed by atoms with Crippen molar-refractivity contribution >= 4 is 16.9 Å². The average molecular weight is 312 g/mol. The van der Waals surface area contributed by atoms with Crippen molar-refractivity contribution in [2.45, 2.75) is 38.1 Å². The van der Waals surface area contributed by atoms with E-state index in [0.717, 1.165) is 36.5 Å². The minimum Gasteiger partial charge on any atom is -0.342 e. The zero-order chi connectivity index (χ0) is 15.6. The summed E-state index contributed by atoms with van der Waals surface area (Å²) in [5.74, 6) is 1.19. The Kier molecular flexibility index (Phi) is 4.04. The summed E-state index contributed by atoms with van der Waals surface area (Å²) < 4.78 is 0. The number of fused-ring (bicyclic) bond motifs is 2. The number of carbonyl (C=O) groups is 1. The van der Waals surface area contributed by atoms with Crippen LogP contribution < -0.4 is 0 Å². The largest absolute Gasteiger partial charge is 0.342 e. The topological polar surface area (TPSA) is 52.2 Å². The molecule has 4 rings (SSSR count). The minimum absolute atomic E-state index is 0.274. The summed E-state index contributed by atoms with van der Waals surface area (Å²) in [4.78, 5) is 25.0. The molecule has 0 radical (unpaired) electrons. The van der Waals surface area contributed by atoms with E-state index in [9.17, 15) is 4.79 Å². The zero-order valence-electron chi connectivity index (χ0n) is 13.5. The maximum absolute atomic E-state index is 12.5. The van der Waals surface area contributed by atoms with E-state index in [2.05, 4.69) is 19.8 Å². The molecule has 0 spiro atoms. The van der Waals surface area contributed by atoms with Crippen LogP contribution in [0, 0.1) is 0 Å². The van der Waals surface area contributed by atoms with Gasteiger partial charge in [0, 0.05) is 38.5 Å². The number of rotatable bonds is 3. The molecule has 2 aliphatic heterocycles. The number of aromatic amines is 1. The minimum atomic E-state index is 0.274. The van der Waals surface area contributed by atoms with Crippen LogP contribution in [0.2, 0.25) is 0 Å². The van der Waals surface area contributed by atoms with Crippen molar-refractivity contribution in [2.75, 3.05) is 26.2 Å². The van der Waals surface area contributed by atoms with Gasteiger partial charge in [-0.25, -0.2) is 4.98 Å². The van der Waals surface area contributed by atoms with Crippen molar-refractivity contribution in [3.05, 3.63) is 30.1 Å². The molecule has 2 aromatic rings. The Morgan fingerprint density at radius 2 is 2.13 bits per heavy atom. The van der Waals surface area contributed by atoms with Crippen LogP contribution in [0.3, 0.4) is 0 Å². The highest BCUT2D eigenvalue weighted by Crippen LogP contribution is 2.21. The lowest BCUT2D eigenvalue weighted by atomic mass is 9.99. The van der Waals surface area contributed by atoms with E-state index < -0.39 is 0 Å². The van der Waals surface area contributed by atoms with Crippen molar-refractivity contribution in [1.82, 2.24) is 19.8 Å². The molecule has 1 unspecified atom stereocenters. The molecule has 0 aliphatic carbocycles. The third-order valence-electron chi connectivity index (χ3n) is 5.20. The Labute approximate surface area is 136 Å². The lowest BCUT2D eigenvalue weighted by molar-refractivity contribution is -0.134. The standard InChI is InChI=1S/C18H24N4O/c23-18(22-12-11-21-10-4-3-5-14(21)13-22)9-8-17-19-15-6-1-2-7-16(15)20-17/h1-2,6-7,14H,3-5,8-13H2,(H,19,20). The molecule has 1 atom stereocenters. The van der Waals surface area contributed by atoms with Crippen LogP contribution in [0.25, 0.3) is 11.0 Å². The number of aromatic nitrogens is 2. The molecular formula is C18H24N4O. The van der Waals surface area contributed by atoms with Crippen LogP contribution in [0.15, 0.2) is 24.3 Å². The SMILES string of the molecule is O=C(CCc1nc2ccccc2[nH]1)N1CCN2CCCCC2C1. The Morgan fingerprint density at radius 3 is 3.04 bits per heavy atom. The monoisotopic (exact) mass is 312 g/mol. The van der Waals surface area contributed by atoms with E-state index in [1.165, 1.54) is 25.8 Å². The first-order valence-electron chi connectivity index (χ1n) is 8.75. The molecule has 1 N–H and O–H groups in total. The molecule has 2 fully saturated rings. The maximum atomic E-state index is 12.5. The molecule has 0 saturated carbocycles. The predicted octanol–water partition coefficient (Wildman–Crippen LogP) is 2.19. The van der Waals surface area contributed by atoms with Crippen LogP contribution in [0.4, 0.5) is 0 Å². The van der Waals surface area contributed by atoms with Gasteiger partial charge in [0.25, 0.3) is 0 Å². The number of aryl methyl sites for hydroxylation is 1. The van der Waals surface area contributed by atoms with Gasteiger partial charge in [-0.1, -0.05) is 18.6 Å². The lowest BCUT2D eigenvalue weighted by Crippen LogP contribution is -2.56. The molecule has 122 valence electrons. The summed E-state index contributed by atoms with van der Waals surface area (Å²) >= 11 is 0. The lowest BCUT2D eigenvalue weighted by Gasteiger charge is -2.44. The second kappa shape index (κ2) is 6.32. The van der Waals surface area contributed by atoms with E-state index >= 15 is 0 Å². The number of H-pyrrole nitrogens is 1. The van der Waals surface area contributed by atoms with Crippen molar-refractivity contribution in [3.8, 4) is 0 Å². The highest BCUT2D eigenvalue weighted by Gasteiger charge is 2.30. The normalized spacial score (nSPS) is 22.3. The Hall–Kier alpha value is -1.88. The summed E-state index contributed by atoms with van der Waals surface area (Å²) in [7, 11) is 0. The van der Waals surface area contributed by atoms with Crippen LogP contribution in [0.5, 0.6) is 0 Å². The Bertz CT molecular complexity index is 662. The summed E-state index contributed by atoms with van der Waals surface area (Å²) in [6, 6.07) is 8.60. The third-order valence-corrected chi connectivity index (χ3v) is 5.20. The number of nitrogens with zero attached hydrogens (tertiary/aromatic N) is 3. The summed E-state index contributed by atoms with van der Waals surface area (Å²) in [5.41, 5.74) is 2.02. The third kappa shape index (κ3) is 3.11. The van der Waals surface area contributed by atoms with Gasteiger partial charge in [-0.05, 0) is 31.5 Å². The van der Waals surface area contributed by atoms with Gasteiger partial charge in [0.05, 0.1) is 11.0 Å². The Balaban J connectivity index is 1.34. The molecule has 1 amide bonds. The number of amides is 1. The van der Waals surface area contributed by atoms with Gasteiger partial charge >= 0.3 is 0 Å². The van der Waals surface area contributed by atoms with E-state index in [4.69, 9.17) is 0 Å². The van der Waals surface area contributed by atoms with Crippen molar-refractivity contribution < 1.29 is 4.79 Å². The number of piperazine rings is 1. The number of hydrogen-bond donors (Lipinski definition) is 1. The molecule has 1 aromatic heterocycles. The van der Waals surface area contributed by atoms with Crippen molar-refractivity contribution in [2.24, 2.45) is 0 Å². The fraction of sp³-hybridized carbons (Fsp3) is 0.556. The molecule has 2 saturated heterocycles. The fourth-order valence-electron chi connectivity index (χ4n) is 3.89. The molecule has 3 heterocycles. The highest BCUT2D eigenvalue weighted by atomic mass is 16.2. The first-order valence-corrected chi connectivity index (χ1v) is 8.75. The summed E-state index contributed by atoms with van der Waals surface area (Å²) in [5, 5.41) is 0.